The van der Waals surface area contributed by atoms with Gasteiger partial charge in [0, 0.05) is 34.0 Å². The molecule has 8 heteroatoms. The van der Waals surface area contributed by atoms with Crippen LogP contribution >= 0.6 is 7.60 Å². The van der Waals surface area contributed by atoms with Crippen molar-refractivity contribution < 1.29 is 26.9 Å². The summed E-state index contributed by atoms with van der Waals surface area (Å²) in [5.41, 5.74) is 0. The molecule has 0 spiro atoms. The van der Waals surface area contributed by atoms with Gasteiger partial charge in [-0.2, -0.15) is 0 Å². The van der Waals surface area contributed by atoms with Crippen LogP contribution in [0.4, 0.5) is 0 Å². The van der Waals surface area contributed by atoms with Gasteiger partial charge in [-0.15, -0.1) is 0 Å². The molecule has 0 aliphatic carbocycles. The molecule has 110 valence electrons. The minimum atomic E-state index is -3.30. The summed E-state index contributed by atoms with van der Waals surface area (Å²) in [6.07, 6.45) is 0. The standard InChI is InChI=1S/C10H25O6PSi/c1-7-14-18(15-8-2,16-9-3)10(4)17(11,12-5)13-6/h10H,7-9H2,1-6H3. The smallest absolute Gasteiger partial charge is 0.373 e. The lowest BCUT2D eigenvalue weighted by Gasteiger charge is -2.35. The lowest BCUT2D eigenvalue weighted by Crippen LogP contribution is -2.55. The highest BCUT2D eigenvalue weighted by molar-refractivity contribution is 7.57. The highest BCUT2D eigenvalue weighted by Gasteiger charge is 2.56. The van der Waals surface area contributed by atoms with E-state index in [1.165, 1.54) is 14.2 Å². The molecule has 0 amide bonds. The second kappa shape index (κ2) is 8.42. The zero-order valence-electron chi connectivity index (χ0n) is 12.1. The molecule has 0 saturated carbocycles. The van der Waals surface area contributed by atoms with Crippen LogP contribution in [-0.2, 0) is 26.9 Å². The Kier molecular flexibility index (Phi) is 8.54. The van der Waals surface area contributed by atoms with Gasteiger partial charge in [-0.1, -0.05) is 0 Å². The van der Waals surface area contributed by atoms with E-state index < -0.39 is 21.7 Å². The molecule has 0 rings (SSSR count). The van der Waals surface area contributed by atoms with Crippen molar-refractivity contribution in [2.24, 2.45) is 0 Å². The average Bonchev–Trinajstić information content (AvgIpc) is 2.37. The van der Waals surface area contributed by atoms with Gasteiger partial charge in [0.1, 0.15) is 5.28 Å². The molecule has 0 fully saturated rings. The average molecular weight is 300 g/mol. The predicted molar refractivity (Wildman–Crippen MR) is 71.7 cm³/mol. The first-order valence-electron chi connectivity index (χ1n) is 6.09. The zero-order valence-corrected chi connectivity index (χ0v) is 14.0. The van der Waals surface area contributed by atoms with E-state index in [2.05, 4.69) is 0 Å². The lowest BCUT2D eigenvalue weighted by molar-refractivity contribution is 0.0670. The van der Waals surface area contributed by atoms with Gasteiger partial charge in [-0.05, 0) is 27.7 Å². The summed E-state index contributed by atoms with van der Waals surface area (Å²) in [6, 6.07) is 0. The molecule has 1 unspecified atom stereocenters. The third-order valence-electron chi connectivity index (χ3n) is 2.53. The molecule has 0 aromatic carbocycles. The second-order valence-corrected chi connectivity index (χ2v) is 9.49. The molecule has 18 heavy (non-hydrogen) atoms. The third-order valence-corrected chi connectivity index (χ3v) is 9.49. The molecule has 0 aliphatic rings. The minimum Gasteiger partial charge on any atom is -0.373 e. The molecule has 0 bridgehead atoms. The quantitative estimate of drug-likeness (QED) is 0.456. The monoisotopic (exact) mass is 300 g/mol. The first kappa shape index (κ1) is 18.2. The van der Waals surface area contributed by atoms with E-state index in [4.69, 9.17) is 22.3 Å². The van der Waals surface area contributed by atoms with E-state index in [-0.39, 0.29) is 0 Å². The molecule has 0 N–H and O–H groups in total. The summed E-state index contributed by atoms with van der Waals surface area (Å²) in [5.74, 6) is 0. The fraction of sp³-hybridized carbons (Fsp3) is 1.00. The Labute approximate surface area is 111 Å². The van der Waals surface area contributed by atoms with Crippen molar-refractivity contribution >= 4 is 16.4 Å². The molecule has 0 saturated heterocycles. The SMILES string of the molecule is CCO[Si](OCC)(OCC)C(C)P(=O)(OC)OC. The van der Waals surface area contributed by atoms with Crippen molar-refractivity contribution in [2.45, 2.75) is 33.0 Å². The lowest BCUT2D eigenvalue weighted by atomic mass is 10.9. The van der Waals surface area contributed by atoms with Crippen LogP contribution in [0.25, 0.3) is 0 Å². The fourth-order valence-corrected chi connectivity index (χ4v) is 7.49. The molecule has 0 radical (unpaired) electrons. The number of hydrogen-bond donors (Lipinski definition) is 0. The van der Waals surface area contributed by atoms with Crippen molar-refractivity contribution in [3.05, 3.63) is 0 Å². The molecule has 1 atom stereocenters. The molecular weight excluding hydrogens is 275 g/mol. The maximum Gasteiger partial charge on any atom is 0.516 e. The van der Waals surface area contributed by atoms with Crippen LogP contribution in [0.3, 0.4) is 0 Å². The van der Waals surface area contributed by atoms with E-state index in [1.54, 1.807) is 6.92 Å². The van der Waals surface area contributed by atoms with Crippen LogP contribution in [0, 0.1) is 0 Å². The zero-order chi connectivity index (χ0) is 14.2. The Balaban J connectivity index is 5.31. The van der Waals surface area contributed by atoms with Crippen LogP contribution in [0.1, 0.15) is 27.7 Å². The van der Waals surface area contributed by atoms with Gasteiger partial charge in [-0.3, -0.25) is 4.57 Å². The van der Waals surface area contributed by atoms with Crippen LogP contribution in [-0.4, -0.2) is 48.1 Å². The van der Waals surface area contributed by atoms with E-state index in [0.717, 1.165) is 0 Å². The second-order valence-electron chi connectivity index (χ2n) is 3.48. The minimum absolute atomic E-state index is 0.421. The number of hydrogen-bond acceptors (Lipinski definition) is 6. The van der Waals surface area contributed by atoms with Crippen molar-refractivity contribution in [1.82, 2.24) is 0 Å². The molecule has 0 aromatic rings. The van der Waals surface area contributed by atoms with E-state index in [0.29, 0.717) is 19.8 Å². The number of rotatable bonds is 10. The van der Waals surface area contributed by atoms with Crippen LogP contribution in [0.15, 0.2) is 0 Å². The first-order chi connectivity index (χ1) is 8.46. The fourth-order valence-electron chi connectivity index (χ4n) is 1.67. The van der Waals surface area contributed by atoms with Crippen molar-refractivity contribution in [1.29, 1.82) is 0 Å². The van der Waals surface area contributed by atoms with Gasteiger partial charge >= 0.3 is 16.4 Å². The molecule has 6 nitrogen and oxygen atoms in total. The molecule has 0 heterocycles. The predicted octanol–water partition coefficient (Wildman–Crippen LogP) is 2.45. The topological polar surface area (TPSA) is 63.2 Å². The summed E-state index contributed by atoms with van der Waals surface area (Å²) in [4.78, 5) is 0. The van der Waals surface area contributed by atoms with E-state index in [9.17, 15) is 4.57 Å². The Morgan fingerprint density at radius 1 is 0.944 bits per heavy atom. The van der Waals surface area contributed by atoms with Crippen molar-refractivity contribution in [3.63, 3.8) is 0 Å². The normalized spacial score (nSPS) is 14.8. The summed E-state index contributed by atoms with van der Waals surface area (Å²) >= 11 is 0. The Morgan fingerprint density at radius 2 is 1.28 bits per heavy atom. The van der Waals surface area contributed by atoms with Gasteiger partial charge in [0.15, 0.2) is 0 Å². The van der Waals surface area contributed by atoms with Crippen molar-refractivity contribution in [3.8, 4) is 0 Å². The summed E-state index contributed by atoms with van der Waals surface area (Å²) in [6.45, 7) is 8.52. The third kappa shape index (κ3) is 4.13. The van der Waals surface area contributed by atoms with E-state index >= 15 is 0 Å². The Hall–Kier alpha value is 0.247. The van der Waals surface area contributed by atoms with Crippen LogP contribution in [0.5, 0.6) is 0 Å². The van der Waals surface area contributed by atoms with Crippen LogP contribution in [0.2, 0.25) is 0 Å². The van der Waals surface area contributed by atoms with Gasteiger partial charge < -0.3 is 22.3 Å². The maximum absolute atomic E-state index is 12.5. The molecule has 0 aliphatic heterocycles. The van der Waals surface area contributed by atoms with Gasteiger partial charge in [0.2, 0.25) is 0 Å². The van der Waals surface area contributed by atoms with E-state index in [1.807, 2.05) is 20.8 Å². The highest BCUT2D eigenvalue weighted by Crippen LogP contribution is 2.54. The van der Waals surface area contributed by atoms with Gasteiger partial charge in [-0.25, -0.2) is 0 Å². The Bertz CT molecular complexity index is 250. The van der Waals surface area contributed by atoms with Crippen molar-refractivity contribution in [2.75, 3.05) is 34.0 Å². The molecular formula is C10H25O6PSi. The summed E-state index contributed by atoms with van der Waals surface area (Å²) < 4.78 is 39.6. The largest absolute Gasteiger partial charge is 0.516 e. The summed E-state index contributed by atoms with van der Waals surface area (Å²) in [7, 11) is -3.68. The van der Waals surface area contributed by atoms with Crippen LogP contribution < -0.4 is 0 Å². The van der Waals surface area contributed by atoms with Gasteiger partial charge in [0.25, 0.3) is 0 Å². The summed E-state index contributed by atoms with van der Waals surface area (Å²) in [5, 5.41) is -0.570. The van der Waals surface area contributed by atoms with Gasteiger partial charge in [0.05, 0.1) is 0 Å². The molecule has 0 aromatic heterocycles. The maximum atomic E-state index is 12.5. The first-order valence-corrected chi connectivity index (χ1v) is 9.50. The highest BCUT2D eigenvalue weighted by atomic mass is 31.2. The Morgan fingerprint density at radius 3 is 1.50 bits per heavy atom.